The minimum atomic E-state index is 0.230. The molecule has 0 N–H and O–H groups in total. The molecule has 0 heteroatoms. The number of fused-ring (bicyclic) bond motifs is 3. The van der Waals surface area contributed by atoms with Crippen LogP contribution in [0, 0.1) is 6.92 Å². The second-order valence-electron chi connectivity index (χ2n) is 15.1. The number of hydrogen-bond donors (Lipinski definition) is 0. The van der Waals surface area contributed by atoms with Crippen LogP contribution in [0.25, 0.3) is 33.4 Å². The van der Waals surface area contributed by atoms with E-state index in [1.807, 2.05) is 0 Å². The minimum absolute atomic E-state index is 0.230. The second-order valence-corrected chi connectivity index (χ2v) is 15.1. The van der Waals surface area contributed by atoms with Gasteiger partial charge >= 0.3 is 0 Å². The molecule has 260 valence electrons. The highest BCUT2D eigenvalue weighted by Crippen LogP contribution is 2.50. The molecule has 0 saturated heterocycles. The summed E-state index contributed by atoms with van der Waals surface area (Å²) in [6, 6.07) is 40.7. The maximum atomic E-state index is 2.57. The van der Waals surface area contributed by atoms with Crippen LogP contribution in [-0.2, 0) is 19.3 Å². The van der Waals surface area contributed by atoms with Crippen LogP contribution < -0.4 is 0 Å². The Morgan fingerprint density at radius 2 is 0.800 bits per heavy atom. The van der Waals surface area contributed by atoms with Crippen molar-refractivity contribution in [2.75, 3.05) is 0 Å². The summed E-state index contributed by atoms with van der Waals surface area (Å²) in [5, 5.41) is 0. The Morgan fingerprint density at radius 1 is 0.380 bits per heavy atom. The van der Waals surface area contributed by atoms with Crippen molar-refractivity contribution >= 4 is 0 Å². The van der Waals surface area contributed by atoms with Crippen molar-refractivity contribution in [2.45, 2.75) is 130 Å². The maximum absolute atomic E-state index is 2.57. The molecular weight excluding hydrogens is 601 g/mol. The third-order valence-corrected chi connectivity index (χ3v) is 11.1. The van der Waals surface area contributed by atoms with E-state index in [1.165, 1.54) is 169 Å². The van der Waals surface area contributed by atoms with Crippen molar-refractivity contribution < 1.29 is 0 Å². The van der Waals surface area contributed by atoms with Gasteiger partial charge in [-0.1, -0.05) is 175 Å². The third kappa shape index (κ3) is 8.87. The van der Waals surface area contributed by atoms with E-state index in [1.54, 1.807) is 0 Å². The molecule has 0 fully saturated rings. The van der Waals surface area contributed by atoms with Gasteiger partial charge in [0.1, 0.15) is 0 Å². The molecule has 0 aliphatic heterocycles. The molecule has 6 rings (SSSR count). The quantitative estimate of drug-likeness (QED) is 0.0805. The number of benzene rings is 5. The topological polar surface area (TPSA) is 0 Å². The average Bonchev–Trinajstić information content (AvgIpc) is 3.47. The van der Waals surface area contributed by atoms with Gasteiger partial charge in [0, 0.05) is 5.92 Å². The van der Waals surface area contributed by atoms with Gasteiger partial charge in [-0.15, -0.1) is 0 Å². The maximum Gasteiger partial charge on any atom is 0.0352 e. The molecule has 5 aromatic carbocycles. The lowest BCUT2D eigenvalue weighted by molar-refractivity contribution is 0.660. The summed E-state index contributed by atoms with van der Waals surface area (Å²) in [5.41, 5.74) is 18.3. The van der Waals surface area contributed by atoms with Crippen molar-refractivity contribution in [3.8, 4) is 33.4 Å². The first-order valence-corrected chi connectivity index (χ1v) is 20.1. The summed E-state index contributed by atoms with van der Waals surface area (Å²) in [5.74, 6) is 0.230. The molecule has 1 atom stereocenters. The van der Waals surface area contributed by atoms with Gasteiger partial charge in [0.15, 0.2) is 0 Å². The van der Waals surface area contributed by atoms with E-state index >= 15 is 0 Å². The summed E-state index contributed by atoms with van der Waals surface area (Å²) in [7, 11) is 0. The summed E-state index contributed by atoms with van der Waals surface area (Å²) in [4.78, 5) is 0. The molecule has 0 heterocycles. The fraction of sp³-hybridized carbons (Fsp3) is 0.400. The van der Waals surface area contributed by atoms with Crippen LogP contribution >= 0.6 is 0 Å². The van der Waals surface area contributed by atoms with E-state index in [-0.39, 0.29) is 5.92 Å². The van der Waals surface area contributed by atoms with Crippen LogP contribution in [0.2, 0.25) is 0 Å². The molecular formula is C50H60. The van der Waals surface area contributed by atoms with Crippen LogP contribution in [0.15, 0.2) is 103 Å². The van der Waals surface area contributed by atoms with Crippen LogP contribution in [0.1, 0.15) is 143 Å². The molecule has 0 amide bonds. The standard InChI is InChI=1S/C50H60/c1-5-8-11-14-17-38-22-26-42(27-23-38)44-29-31-47-46-30-28-43(41-24-20-37(4)21-25-41)35-48(46)50(49(47)36-44)45-33-39(18-15-12-9-6-2)32-40(34-45)19-16-13-10-7-3/h20-36,50H,5-19H2,1-4H3. The molecule has 0 aromatic heterocycles. The van der Waals surface area contributed by atoms with Crippen LogP contribution in [0.4, 0.5) is 0 Å². The first-order chi connectivity index (χ1) is 24.6. The highest BCUT2D eigenvalue weighted by Gasteiger charge is 2.31. The molecule has 0 radical (unpaired) electrons. The van der Waals surface area contributed by atoms with E-state index in [4.69, 9.17) is 0 Å². The lowest BCUT2D eigenvalue weighted by Gasteiger charge is -2.19. The highest BCUT2D eigenvalue weighted by molar-refractivity contribution is 5.86. The van der Waals surface area contributed by atoms with Gasteiger partial charge in [-0.3, -0.25) is 0 Å². The van der Waals surface area contributed by atoms with Gasteiger partial charge < -0.3 is 0 Å². The van der Waals surface area contributed by atoms with E-state index in [0.717, 1.165) is 0 Å². The Bertz CT molecular complexity index is 1770. The summed E-state index contributed by atoms with van der Waals surface area (Å²) < 4.78 is 0. The van der Waals surface area contributed by atoms with Crippen molar-refractivity contribution in [3.05, 3.63) is 142 Å². The molecule has 0 spiro atoms. The fourth-order valence-electron chi connectivity index (χ4n) is 8.10. The van der Waals surface area contributed by atoms with Crippen molar-refractivity contribution in [1.82, 2.24) is 0 Å². The average molecular weight is 661 g/mol. The third-order valence-electron chi connectivity index (χ3n) is 11.1. The molecule has 0 bridgehead atoms. The van der Waals surface area contributed by atoms with Gasteiger partial charge in [-0.05, 0) is 124 Å². The van der Waals surface area contributed by atoms with E-state index in [2.05, 4.69) is 131 Å². The zero-order chi connectivity index (χ0) is 34.7. The lowest BCUT2D eigenvalue weighted by atomic mass is 9.84. The molecule has 0 nitrogen and oxygen atoms in total. The van der Waals surface area contributed by atoms with Crippen molar-refractivity contribution in [1.29, 1.82) is 0 Å². The normalized spacial score (nSPS) is 13.4. The smallest absolute Gasteiger partial charge is 0.0352 e. The van der Waals surface area contributed by atoms with Crippen molar-refractivity contribution in [3.63, 3.8) is 0 Å². The number of aryl methyl sites for hydroxylation is 4. The van der Waals surface area contributed by atoms with E-state index in [9.17, 15) is 0 Å². The Morgan fingerprint density at radius 3 is 1.26 bits per heavy atom. The fourth-order valence-corrected chi connectivity index (χ4v) is 8.10. The first-order valence-electron chi connectivity index (χ1n) is 20.1. The van der Waals surface area contributed by atoms with Gasteiger partial charge in [-0.25, -0.2) is 0 Å². The predicted octanol–water partition coefficient (Wildman–Crippen LogP) is 14.9. The van der Waals surface area contributed by atoms with Gasteiger partial charge in [0.05, 0.1) is 0 Å². The molecule has 1 aliphatic carbocycles. The Hall–Kier alpha value is -3.90. The largest absolute Gasteiger partial charge is 0.0654 e. The molecule has 5 aromatic rings. The van der Waals surface area contributed by atoms with Gasteiger partial charge in [-0.2, -0.15) is 0 Å². The Labute approximate surface area is 304 Å². The minimum Gasteiger partial charge on any atom is -0.0654 e. The summed E-state index contributed by atoms with van der Waals surface area (Å²) >= 11 is 0. The number of hydrogen-bond acceptors (Lipinski definition) is 0. The summed E-state index contributed by atoms with van der Waals surface area (Å²) in [6.07, 6.45) is 19.2. The van der Waals surface area contributed by atoms with E-state index < -0.39 is 0 Å². The Kier molecular flexibility index (Phi) is 12.8. The molecule has 1 unspecified atom stereocenters. The van der Waals surface area contributed by atoms with Crippen LogP contribution in [-0.4, -0.2) is 0 Å². The van der Waals surface area contributed by atoms with Crippen LogP contribution in [0.3, 0.4) is 0 Å². The number of rotatable bonds is 18. The van der Waals surface area contributed by atoms with E-state index in [0.29, 0.717) is 0 Å². The second kappa shape index (κ2) is 17.8. The van der Waals surface area contributed by atoms with Crippen LogP contribution in [0.5, 0.6) is 0 Å². The highest BCUT2D eigenvalue weighted by atomic mass is 14.3. The first kappa shape index (κ1) is 35.9. The predicted molar refractivity (Wildman–Crippen MR) is 218 cm³/mol. The zero-order valence-corrected chi connectivity index (χ0v) is 31.5. The lowest BCUT2D eigenvalue weighted by Crippen LogP contribution is -2.03. The van der Waals surface area contributed by atoms with Gasteiger partial charge in [0.2, 0.25) is 0 Å². The molecule has 0 saturated carbocycles. The van der Waals surface area contributed by atoms with Gasteiger partial charge in [0.25, 0.3) is 0 Å². The zero-order valence-electron chi connectivity index (χ0n) is 31.5. The summed E-state index contributed by atoms with van der Waals surface area (Å²) in [6.45, 7) is 9.08. The Balaban J connectivity index is 1.40. The SMILES string of the molecule is CCCCCCc1ccc(-c2ccc3c(c2)C(c2cc(CCCCCC)cc(CCCCCC)c2)c2cc(-c4ccc(C)cc4)ccc2-3)cc1. The monoisotopic (exact) mass is 660 g/mol. The molecule has 50 heavy (non-hydrogen) atoms. The van der Waals surface area contributed by atoms with Crippen molar-refractivity contribution in [2.24, 2.45) is 0 Å². The number of unbranched alkanes of at least 4 members (excludes halogenated alkanes) is 9. The molecule has 1 aliphatic rings.